The predicted octanol–water partition coefficient (Wildman–Crippen LogP) is 2.45. The number of anilines is 1. The van der Waals surface area contributed by atoms with Crippen molar-refractivity contribution in [2.24, 2.45) is 0 Å². The van der Waals surface area contributed by atoms with Crippen LogP contribution in [0.5, 0.6) is 0 Å². The number of aryl methyl sites for hydroxylation is 1. The standard InChI is InChI=1S/C13H10BrN5O/c1-8-16-12-3-2-11(7-19(12)18-8)17-13(20)9-4-10(14)6-15-5-9/h2-7H,1H3,(H,17,20). The molecule has 0 aliphatic carbocycles. The van der Waals surface area contributed by atoms with E-state index in [0.29, 0.717) is 17.1 Å². The van der Waals surface area contributed by atoms with Gasteiger partial charge in [0.1, 0.15) is 5.82 Å². The second-order valence-electron chi connectivity index (χ2n) is 4.23. The Morgan fingerprint density at radius 1 is 1.35 bits per heavy atom. The fourth-order valence-electron chi connectivity index (χ4n) is 1.81. The van der Waals surface area contributed by atoms with Gasteiger partial charge in [-0.2, -0.15) is 5.10 Å². The fraction of sp³-hybridized carbons (Fsp3) is 0.0769. The van der Waals surface area contributed by atoms with Crippen LogP contribution in [0, 0.1) is 6.92 Å². The molecule has 7 heteroatoms. The maximum absolute atomic E-state index is 12.1. The van der Waals surface area contributed by atoms with Gasteiger partial charge in [0.15, 0.2) is 5.65 Å². The van der Waals surface area contributed by atoms with Gasteiger partial charge in [-0.25, -0.2) is 9.50 Å². The smallest absolute Gasteiger partial charge is 0.257 e. The number of pyridine rings is 2. The summed E-state index contributed by atoms with van der Waals surface area (Å²) < 4.78 is 2.39. The largest absolute Gasteiger partial charge is 0.321 e. The van der Waals surface area contributed by atoms with Gasteiger partial charge in [0, 0.05) is 16.9 Å². The number of nitrogens with one attached hydrogen (secondary N) is 1. The average Bonchev–Trinajstić information content (AvgIpc) is 2.78. The lowest BCUT2D eigenvalue weighted by Gasteiger charge is -2.05. The molecule has 0 bridgehead atoms. The molecular formula is C13H10BrN5O. The summed E-state index contributed by atoms with van der Waals surface area (Å²) in [5.74, 6) is 0.458. The van der Waals surface area contributed by atoms with E-state index < -0.39 is 0 Å². The van der Waals surface area contributed by atoms with Crippen molar-refractivity contribution in [2.45, 2.75) is 6.92 Å². The second-order valence-corrected chi connectivity index (χ2v) is 5.14. The number of halogens is 1. The molecule has 0 atom stereocenters. The van der Waals surface area contributed by atoms with Crippen LogP contribution in [-0.2, 0) is 0 Å². The van der Waals surface area contributed by atoms with Gasteiger partial charge in [-0.05, 0) is 41.1 Å². The molecule has 0 aliphatic heterocycles. The number of nitrogens with zero attached hydrogens (tertiary/aromatic N) is 4. The number of hydrogen-bond acceptors (Lipinski definition) is 4. The van der Waals surface area contributed by atoms with Gasteiger partial charge in [-0.1, -0.05) is 0 Å². The van der Waals surface area contributed by atoms with Crippen LogP contribution in [0.25, 0.3) is 5.65 Å². The molecule has 0 fully saturated rings. The Morgan fingerprint density at radius 2 is 2.20 bits per heavy atom. The van der Waals surface area contributed by atoms with Gasteiger partial charge in [0.05, 0.1) is 17.4 Å². The Morgan fingerprint density at radius 3 is 3.00 bits per heavy atom. The van der Waals surface area contributed by atoms with Crippen LogP contribution < -0.4 is 5.32 Å². The zero-order valence-corrected chi connectivity index (χ0v) is 12.1. The van der Waals surface area contributed by atoms with E-state index >= 15 is 0 Å². The van der Waals surface area contributed by atoms with E-state index in [9.17, 15) is 4.79 Å². The Kier molecular flexibility index (Phi) is 3.19. The third-order valence-corrected chi connectivity index (χ3v) is 3.10. The predicted molar refractivity (Wildman–Crippen MR) is 77.6 cm³/mol. The molecule has 20 heavy (non-hydrogen) atoms. The van der Waals surface area contributed by atoms with Crippen molar-refractivity contribution in [3.63, 3.8) is 0 Å². The average molecular weight is 332 g/mol. The van der Waals surface area contributed by atoms with Crippen LogP contribution >= 0.6 is 15.9 Å². The van der Waals surface area contributed by atoms with E-state index in [4.69, 9.17) is 0 Å². The molecule has 0 aliphatic rings. The van der Waals surface area contributed by atoms with Crippen molar-refractivity contribution in [1.29, 1.82) is 0 Å². The van der Waals surface area contributed by atoms with E-state index in [1.54, 1.807) is 35.1 Å². The van der Waals surface area contributed by atoms with Crippen molar-refractivity contribution >= 4 is 33.2 Å². The van der Waals surface area contributed by atoms with Gasteiger partial charge in [0.2, 0.25) is 0 Å². The minimum absolute atomic E-state index is 0.227. The van der Waals surface area contributed by atoms with Gasteiger partial charge in [-0.3, -0.25) is 9.78 Å². The first-order chi connectivity index (χ1) is 9.61. The molecule has 0 unspecified atom stereocenters. The molecule has 3 aromatic rings. The molecule has 100 valence electrons. The molecular weight excluding hydrogens is 322 g/mol. The van der Waals surface area contributed by atoms with Gasteiger partial charge < -0.3 is 5.32 Å². The number of amides is 1. The molecule has 0 spiro atoms. The Hall–Kier alpha value is -2.28. The summed E-state index contributed by atoms with van der Waals surface area (Å²) in [7, 11) is 0. The summed E-state index contributed by atoms with van der Waals surface area (Å²) in [6, 6.07) is 5.29. The van der Waals surface area contributed by atoms with Crippen LogP contribution in [0.2, 0.25) is 0 Å². The number of hydrogen-bond donors (Lipinski definition) is 1. The summed E-state index contributed by atoms with van der Waals surface area (Å²) in [6.45, 7) is 1.82. The summed E-state index contributed by atoms with van der Waals surface area (Å²) in [6.07, 6.45) is 4.86. The molecule has 3 rings (SSSR count). The Balaban J connectivity index is 1.87. The number of carbonyl (C=O) groups is 1. The lowest BCUT2D eigenvalue weighted by molar-refractivity contribution is 0.102. The van der Waals surface area contributed by atoms with Crippen molar-refractivity contribution in [1.82, 2.24) is 19.6 Å². The zero-order valence-electron chi connectivity index (χ0n) is 10.5. The highest BCUT2D eigenvalue weighted by Gasteiger charge is 2.08. The molecule has 0 radical (unpaired) electrons. The number of rotatable bonds is 2. The molecule has 3 heterocycles. The van der Waals surface area contributed by atoms with Gasteiger partial charge in [-0.15, -0.1) is 0 Å². The molecule has 1 amide bonds. The summed E-state index contributed by atoms with van der Waals surface area (Å²) in [5.41, 5.74) is 1.87. The van der Waals surface area contributed by atoms with Crippen molar-refractivity contribution in [3.05, 3.63) is 52.7 Å². The number of carbonyl (C=O) groups excluding carboxylic acids is 1. The van der Waals surface area contributed by atoms with E-state index in [1.165, 1.54) is 6.20 Å². The third-order valence-electron chi connectivity index (χ3n) is 2.66. The van der Waals surface area contributed by atoms with Crippen LogP contribution in [0.4, 0.5) is 5.69 Å². The lowest BCUT2D eigenvalue weighted by Crippen LogP contribution is -2.12. The zero-order chi connectivity index (χ0) is 14.1. The summed E-state index contributed by atoms with van der Waals surface area (Å²) in [5, 5.41) is 7.00. The molecule has 6 nitrogen and oxygen atoms in total. The van der Waals surface area contributed by atoms with Crippen LogP contribution in [0.15, 0.2) is 41.3 Å². The Bertz CT molecular complexity index is 798. The SMILES string of the molecule is Cc1nc2ccc(NC(=O)c3cncc(Br)c3)cn2n1. The highest BCUT2D eigenvalue weighted by molar-refractivity contribution is 9.10. The van der Waals surface area contributed by atoms with E-state index in [0.717, 1.165) is 10.1 Å². The molecule has 0 aromatic carbocycles. The number of fused-ring (bicyclic) bond motifs is 1. The maximum Gasteiger partial charge on any atom is 0.257 e. The Labute approximate surface area is 123 Å². The highest BCUT2D eigenvalue weighted by Crippen LogP contribution is 2.13. The molecule has 1 N–H and O–H groups in total. The minimum Gasteiger partial charge on any atom is -0.321 e. The van der Waals surface area contributed by atoms with Crippen molar-refractivity contribution in [3.8, 4) is 0 Å². The number of aromatic nitrogens is 4. The highest BCUT2D eigenvalue weighted by atomic mass is 79.9. The maximum atomic E-state index is 12.1. The fourth-order valence-corrected chi connectivity index (χ4v) is 2.17. The van der Waals surface area contributed by atoms with Crippen molar-refractivity contribution < 1.29 is 4.79 Å². The normalized spacial score (nSPS) is 10.7. The molecule has 3 aromatic heterocycles. The molecule has 0 saturated heterocycles. The van der Waals surface area contributed by atoms with E-state index in [-0.39, 0.29) is 5.91 Å². The van der Waals surface area contributed by atoms with Crippen LogP contribution in [-0.4, -0.2) is 25.5 Å². The quantitative estimate of drug-likeness (QED) is 0.782. The first kappa shape index (κ1) is 12.7. The van der Waals surface area contributed by atoms with E-state index in [1.807, 2.05) is 6.92 Å². The third kappa shape index (κ3) is 2.53. The van der Waals surface area contributed by atoms with Gasteiger partial charge in [0.25, 0.3) is 5.91 Å². The first-order valence-electron chi connectivity index (χ1n) is 5.87. The monoisotopic (exact) mass is 331 g/mol. The lowest BCUT2D eigenvalue weighted by atomic mass is 10.2. The minimum atomic E-state index is -0.227. The second kappa shape index (κ2) is 5.01. The summed E-state index contributed by atoms with van der Waals surface area (Å²) in [4.78, 5) is 20.3. The topological polar surface area (TPSA) is 72.2 Å². The first-order valence-corrected chi connectivity index (χ1v) is 6.66. The van der Waals surface area contributed by atoms with Crippen LogP contribution in [0.1, 0.15) is 16.2 Å². The van der Waals surface area contributed by atoms with Gasteiger partial charge >= 0.3 is 0 Å². The van der Waals surface area contributed by atoms with E-state index in [2.05, 4.69) is 36.3 Å². The van der Waals surface area contributed by atoms with Crippen LogP contribution in [0.3, 0.4) is 0 Å². The molecule has 0 saturated carbocycles. The summed E-state index contributed by atoms with van der Waals surface area (Å²) >= 11 is 3.29. The van der Waals surface area contributed by atoms with Crippen molar-refractivity contribution in [2.75, 3.05) is 5.32 Å².